The summed E-state index contributed by atoms with van der Waals surface area (Å²) in [5.41, 5.74) is -0.109. The van der Waals surface area contributed by atoms with Crippen molar-refractivity contribution in [1.29, 1.82) is 0 Å². The molecule has 1 aliphatic heterocycles. The number of nitrogens with zero attached hydrogens (tertiary/aromatic N) is 2. The van der Waals surface area contributed by atoms with Crippen molar-refractivity contribution >= 4 is 6.29 Å². The Bertz CT molecular complexity index is 563. The summed E-state index contributed by atoms with van der Waals surface area (Å²) in [7, 11) is 2.00. The van der Waals surface area contributed by atoms with Crippen molar-refractivity contribution in [3.8, 4) is 5.75 Å². The van der Waals surface area contributed by atoms with Gasteiger partial charge in [-0.05, 0) is 25.6 Å². The van der Waals surface area contributed by atoms with Gasteiger partial charge < -0.3 is 14.4 Å². The maximum absolute atomic E-state index is 14.6. The minimum atomic E-state index is -3.09. The molecule has 7 heteroatoms. The van der Waals surface area contributed by atoms with Gasteiger partial charge in [0.2, 0.25) is 0 Å². The van der Waals surface area contributed by atoms with Crippen LogP contribution in [0.4, 0.5) is 8.78 Å². The number of ether oxygens (including phenoxy) is 1. The van der Waals surface area contributed by atoms with Crippen LogP contribution in [-0.4, -0.2) is 68.6 Å². The highest BCUT2D eigenvalue weighted by Gasteiger charge is 2.33. The van der Waals surface area contributed by atoms with Crippen LogP contribution in [0.25, 0.3) is 0 Å². The maximum Gasteiger partial charge on any atom is 0.285 e. The average Bonchev–Trinajstić information content (AvgIpc) is 2.64. The van der Waals surface area contributed by atoms with Gasteiger partial charge in [-0.25, -0.2) is 0 Å². The number of rotatable bonds is 10. The number of hydrogen-bond donors (Lipinski definition) is 1. The first-order valence-electron chi connectivity index (χ1n) is 9.18. The number of alkyl halides is 2. The third kappa shape index (κ3) is 6.00. The summed E-state index contributed by atoms with van der Waals surface area (Å²) in [5.74, 6) is -2.64. The van der Waals surface area contributed by atoms with Gasteiger partial charge in [0, 0.05) is 31.7 Å². The third-order valence-corrected chi connectivity index (χ3v) is 4.62. The summed E-state index contributed by atoms with van der Waals surface area (Å²) >= 11 is 0. The van der Waals surface area contributed by atoms with Crippen LogP contribution >= 0.6 is 0 Å². The summed E-state index contributed by atoms with van der Waals surface area (Å²) in [6, 6.07) is 6.02. The van der Waals surface area contributed by atoms with Crippen LogP contribution < -0.4 is 10.1 Å². The zero-order valence-electron chi connectivity index (χ0n) is 15.6. The molecule has 0 radical (unpaired) electrons. The van der Waals surface area contributed by atoms with Crippen molar-refractivity contribution in [3.63, 3.8) is 0 Å². The van der Waals surface area contributed by atoms with Gasteiger partial charge in [0.05, 0.1) is 13.2 Å². The summed E-state index contributed by atoms with van der Waals surface area (Å²) in [5, 5.41) is 2.71. The van der Waals surface area contributed by atoms with E-state index in [-0.39, 0.29) is 5.56 Å². The van der Waals surface area contributed by atoms with Crippen molar-refractivity contribution < 1.29 is 18.3 Å². The Morgan fingerprint density at radius 3 is 2.69 bits per heavy atom. The monoisotopic (exact) mass is 369 g/mol. The molecule has 1 fully saturated rings. The lowest BCUT2D eigenvalue weighted by molar-refractivity contribution is -0.115. The molecule has 1 aromatic rings. The van der Waals surface area contributed by atoms with Crippen LogP contribution in [0, 0.1) is 0 Å². The minimum Gasteiger partial charge on any atom is -0.494 e. The SMILES string of the molecule is CCCCOc1cccc(C(F)(F)CNC(C=O)N2CCN(C)CC2)c1. The maximum atomic E-state index is 14.6. The third-order valence-electron chi connectivity index (χ3n) is 4.62. The number of likely N-dealkylation sites (N-methyl/N-ethyl adjacent to an activating group) is 1. The van der Waals surface area contributed by atoms with E-state index in [0.717, 1.165) is 25.9 Å². The molecule has 0 aliphatic carbocycles. The first-order chi connectivity index (χ1) is 12.5. The molecule has 1 aromatic carbocycles. The lowest BCUT2D eigenvalue weighted by Gasteiger charge is -2.36. The van der Waals surface area contributed by atoms with E-state index in [2.05, 4.69) is 10.2 Å². The Morgan fingerprint density at radius 1 is 1.31 bits per heavy atom. The van der Waals surface area contributed by atoms with Gasteiger partial charge in [-0.15, -0.1) is 0 Å². The van der Waals surface area contributed by atoms with E-state index in [1.807, 2.05) is 18.9 Å². The Labute approximate surface area is 154 Å². The van der Waals surface area contributed by atoms with Gasteiger partial charge in [0.15, 0.2) is 6.29 Å². The molecule has 1 aliphatic rings. The largest absolute Gasteiger partial charge is 0.494 e. The molecule has 0 spiro atoms. The molecule has 2 rings (SSSR count). The number of carbonyl (C=O) groups is 1. The van der Waals surface area contributed by atoms with E-state index >= 15 is 0 Å². The number of carbonyl (C=O) groups excluding carboxylic acids is 1. The standard InChI is InChI=1S/C19H29F2N3O2/c1-3-4-12-26-17-7-5-6-16(13-17)19(20,21)15-22-18(14-25)24-10-8-23(2)9-11-24/h5-7,13-14,18,22H,3-4,8-12,15H2,1-2H3. The van der Waals surface area contributed by atoms with E-state index in [0.29, 0.717) is 31.7 Å². The summed E-state index contributed by atoms with van der Waals surface area (Å²) < 4.78 is 34.7. The van der Waals surface area contributed by atoms with Crippen LogP contribution in [-0.2, 0) is 10.7 Å². The Morgan fingerprint density at radius 2 is 2.04 bits per heavy atom. The van der Waals surface area contributed by atoms with Crippen LogP contribution in [0.5, 0.6) is 5.75 Å². The molecule has 1 heterocycles. The molecule has 5 nitrogen and oxygen atoms in total. The fourth-order valence-electron chi connectivity index (χ4n) is 2.85. The van der Waals surface area contributed by atoms with Crippen LogP contribution in [0.3, 0.4) is 0 Å². The molecule has 0 bridgehead atoms. The Hall–Kier alpha value is -1.57. The fourth-order valence-corrected chi connectivity index (χ4v) is 2.85. The molecule has 146 valence electrons. The van der Waals surface area contributed by atoms with E-state index in [4.69, 9.17) is 4.74 Å². The van der Waals surface area contributed by atoms with E-state index < -0.39 is 18.6 Å². The minimum absolute atomic E-state index is 0.109. The number of nitrogens with one attached hydrogen (secondary N) is 1. The average molecular weight is 369 g/mol. The van der Waals surface area contributed by atoms with Gasteiger partial charge >= 0.3 is 0 Å². The van der Waals surface area contributed by atoms with Crippen molar-refractivity contribution in [1.82, 2.24) is 15.1 Å². The molecule has 1 unspecified atom stereocenters. The van der Waals surface area contributed by atoms with Crippen LogP contribution in [0.1, 0.15) is 25.3 Å². The van der Waals surface area contributed by atoms with Crippen molar-refractivity contribution in [2.75, 3.05) is 46.4 Å². The summed E-state index contributed by atoms with van der Waals surface area (Å²) in [4.78, 5) is 15.4. The Kier molecular flexibility index (Phi) is 7.93. The molecule has 1 saturated heterocycles. The summed E-state index contributed by atoms with van der Waals surface area (Å²) in [6.45, 7) is 4.96. The molecule has 0 aromatic heterocycles. The highest BCUT2D eigenvalue weighted by molar-refractivity contribution is 5.57. The number of benzene rings is 1. The first kappa shape index (κ1) is 20.7. The smallest absolute Gasteiger partial charge is 0.285 e. The fraction of sp³-hybridized carbons (Fsp3) is 0.632. The normalized spacial score (nSPS) is 17.8. The van der Waals surface area contributed by atoms with E-state index in [1.165, 1.54) is 12.1 Å². The van der Waals surface area contributed by atoms with Gasteiger partial charge in [-0.2, -0.15) is 8.78 Å². The molecule has 26 heavy (non-hydrogen) atoms. The Balaban J connectivity index is 1.94. The topological polar surface area (TPSA) is 44.8 Å². The second kappa shape index (κ2) is 9.94. The molecule has 1 N–H and O–H groups in total. The van der Waals surface area contributed by atoms with Crippen molar-refractivity contribution in [2.24, 2.45) is 0 Å². The van der Waals surface area contributed by atoms with Gasteiger partial charge in [-0.1, -0.05) is 25.5 Å². The highest BCUT2D eigenvalue weighted by atomic mass is 19.3. The predicted octanol–water partition coefficient (Wildman–Crippen LogP) is 2.32. The van der Waals surface area contributed by atoms with E-state index in [9.17, 15) is 13.6 Å². The van der Waals surface area contributed by atoms with Gasteiger partial charge in [0.25, 0.3) is 5.92 Å². The van der Waals surface area contributed by atoms with E-state index in [1.54, 1.807) is 12.1 Å². The second-order valence-electron chi connectivity index (χ2n) is 6.74. The number of hydrogen-bond acceptors (Lipinski definition) is 5. The number of unbranched alkanes of at least 4 members (excludes halogenated alkanes) is 1. The summed E-state index contributed by atoms with van der Waals surface area (Å²) in [6.07, 6.45) is 1.87. The van der Waals surface area contributed by atoms with Crippen molar-refractivity contribution in [2.45, 2.75) is 31.9 Å². The molecular formula is C19H29F2N3O2. The lowest BCUT2D eigenvalue weighted by atomic mass is 10.1. The lowest BCUT2D eigenvalue weighted by Crippen LogP contribution is -2.56. The highest BCUT2D eigenvalue weighted by Crippen LogP contribution is 2.30. The van der Waals surface area contributed by atoms with Gasteiger partial charge in [-0.3, -0.25) is 10.2 Å². The van der Waals surface area contributed by atoms with Gasteiger partial charge in [0.1, 0.15) is 11.9 Å². The van der Waals surface area contributed by atoms with Crippen LogP contribution in [0.15, 0.2) is 24.3 Å². The molecule has 0 amide bonds. The molecular weight excluding hydrogens is 340 g/mol. The molecule has 0 saturated carbocycles. The predicted molar refractivity (Wildman–Crippen MR) is 97.7 cm³/mol. The zero-order valence-corrected chi connectivity index (χ0v) is 15.6. The zero-order chi connectivity index (χ0) is 19.0. The second-order valence-corrected chi connectivity index (χ2v) is 6.74. The van der Waals surface area contributed by atoms with Crippen molar-refractivity contribution in [3.05, 3.63) is 29.8 Å². The first-order valence-corrected chi connectivity index (χ1v) is 9.18. The number of piperazine rings is 1. The number of halogens is 2. The molecule has 1 atom stereocenters. The quantitative estimate of drug-likeness (QED) is 0.507. The number of aldehydes is 1. The van der Waals surface area contributed by atoms with Crippen LogP contribution in [0.2, 0.25) is 0 Å².